The molecule has 0 spiro atoms. The molecule has 3 rings (SSSR count). The molecule has 0 aliphatic carbocycles. The van der Waals surface area contributed by atoms with Gasteiger partial charge in [0.1, 0.15) is 17.2 Å². The highest BCUT2D eigenvalue weighted by Crippen LogP contribution is 2.26. The highest BCUT2D eigenvalue weighted by atomic mass is 32.2. The Balaban J connectivity index is 1.69. The van der Waals surface area contributed by atoms with Crippen molar-refractivity contribution in [2.75, 3.05) is 11.3 Å². The van der Waals surface area contributed by atoms with Gasteiger partial charge in [-0.2, -0.15) is 5.10 Å². The second kappa shape index (κ2) is 13.7. The molecule has 1 aromatic carbocycles. The molecular weight excluding hydrogens is 572 g/mol. The predicted octanol–water partition coefficient (Wildman–Crippen LogP) is 0.583. The second-order valence-corrected chi connectivity index (χ2v) is 11.8. The zero-order valence-electron chi connectivity index (χ0n) is 22.8. The van der Waals surface area contributed by atoms with E-state index in [1.54, 1.807) is 11.7 Å². The molecule has 0 fully saturated rings. The Morgan fingerprint density at radius 3 is 2.51 bits per heavy atom. The van der Waals surface area contributed by atoms with E-state index >= 15 is 0 Å². The number of amides is 2. The third-order valence-electron chi connectivity index (χ3n) is 6.26. The highest BCUT2D eigenvalue weighted by molar-refractivity contribution is 7.92. The summed E-state index contributed by atoms with van der Waals surface area (Å²) in [5, 5.41) is 23.3. The molecule has 2 amide bonds. The van der Waals surface area contributed by atoms with Crippen molar-refractivity contribution < 1.29 is 27.9 Å². The van der Waals surface area contributed by atoms with Gasteiger partial charge in [0.25, 0.3) is 21.8 Å². The molecule has 1 atom stereocenters. The summed E-state index contributed by atoms with van der Waals surface area (Å²) < 4.78 is 30.4. The minimum atomic E-state index is -4.21. The minimum absolute atomic E-state index is 0.0157. The first-order valence-electron chi connectivity index (χ1n) is 12.6. The van der Waals surface area contributed by atoms with Crippen LogP contribution in [0.25, 0.3) is 0 Å². The lowest BCUT2D eigenvalue weighted by Crippen LogP contribution is -2.46. The maximum atomic E-state index is 13.2. The second-order valence-electron chi connectivity index (χ2n) is 9.24. The molecule has 0 saturated carbocycles. The van der Waals surface area contributed by atoms with Crippen LogP contribution >= 0.6 is 11.3 Å². The van der Waals surface area contributed by atoms with Gasteiger partial charge in [0.2, 0.25) is 0 Å². The highest BCUT2D eigenvalue weighted by Gasteiger charge is 2.25. The van der Waals surface area contributed by atoms with Crippen molar-refractivity contribution in [3.05, 3.63) is 63.1 Å². The first kappa shape index (κ1) is 31.7. The number of nitrogens with two attached hydrogens (primary N) is 2. The normalized spacial score (nSPS) is 12.2. The summed E-state index contributed by atoms with van der Waals surface area (Å²) in [6.07, 6.45) is -0.274. The zero-order chi connectivity index (χ0) is 30.3. The maximum absolute atomic E-state index is 13.2. The number of carboxylic acid groups (broad SMARTS) is 1. The number of carbonyl (C=O) groups is 3. The van der Waals surface area contributed by atoms with Crippen molar-refractivity contribution in [2.45, 2.75) is 50.5 Å². The molecule has 9 N–H and O–H groups in total. The van der Waals surface area contributed by atoms with Crippen LogP contribution in [0.1, 0.15) is 49.8 Å². The van der Waals surface area contributed by atoms with E-state index in [0.717, 1.165) is 28.3 Å². The van der Waals surface area contributed by atoms with Crippen molar-refractivity contribution in [1.82, 2.24) is 25.7 Å². The number of aliphatic carboxylic acids is 1. The first-order valence-corrected chi connectivity index (χ1v) is 14.9. The maximum Gasteiger partial charge on any atom is 0.326 e. The Morgan fingerprint density at radius 1 is 1.15 bits per heavy atom. The number of nitrogens with one attached hydrogen (secondary N) is 4. The van der Waals surface area contributed by atoms with Crippen molar-refractivity contribution in [1.29, 1.82) is 0 Å². The summed E-state index contributed by atoms with van der Waals surface area (Å²) in [4.78, 5) is 37.1. The van der Waals surface area contributed by atoms with Crippen LogP contribution in [-0.2, 0) is 28.4 Å². The smallest absolute Gasteiger partial charge is 0.326 e. The Hall–Kier alpha value is -3.83. The van der Waals surface area contributed by atoms with Gasteiger partial charge in [-0.25, -0.2) is 13.2 Å². The van der Waals surface area contributed by atoms with E-state index in [4.69, 9.17) is 11.5 Å². The van der Waals surface area contributed by atoms with Crippen molar-refractivity contribution in [3.8, 4) is 0 Å². The first-order chi connectivity index (χ1) is 19.3. The lowest BCUT2D eigenvalue weighted by atomic mass is 10.1. The van der Waals surface area contributed by atoms with E-state index in [1.165, 1.54) is 35.7 Å². The van der Waals surface area contributed by atoms with E-state index in [2.05, 4.69) is 25.8 Å². The van der Waals surface area contributed by atoms with Crippen LogP contribution < -0.4 is 32.1 Å². The molecule has 0 saturated heterocycles. The van der Waals surface area contributed by atoms with E-state index in [9.17, 15) is 27.9 Å². The number of aromatic nitrogens is 2. The van der Waals surface area contributed by atoms with Crippen LogP contribution in [0, 0.1) is 13.8 Å². The number of thiophene rings is 1. The summed E-state index contributed by atoms with van der Waals surface area (Å²) in [5.74, 6) is -2.45. The van der Waals surface area contributed by atoms with E-state index < -0.39 is 40.1 Å². The topological polar surface area (TPSA) is 224 Å². The summed E-state index contributed by atoms with van der Waals surface area (Å²) in [5.41, 5.74) is 13.5. The van der Waals surface area contributed by atoms with Gasteiger partial charge < -0.3 is 27.2 Å². The number of sulfonamides is 1. The molecule has 0 bridgehead atoms. The average Bonchev–Trinajstić information content (AvgIpc) is 3.46. The van der Waals surface area contributed by atoms with Crippen LogP contribution in [-0.4, -0.2) is 60.0 Å². The predicted molar refractivity (Wildman–Crippen MR) is 154 cm³/mol. The lowest BCUT2D eigenvalue weighted by Gasteiger charge is -2.16. The number of carboxylic acids is 1. The molecule has 0 aliphatic rings. The molecule has 16 heteroatoms. The SMILES string of the molecule is Cc1nn(C)c(C)c1CNC(=O)c1cccc(S(=O)(=O)Nc2ccsc2C(=O)N[C@@H](CCCNC(N)N)C(=O)O)c1. The average molecular weight is 607 g/mol. The summed E-state index contributed by atoms with van der Waals surface area (Å²) in [6, 6.07) is 5.67. The van der Waals surface area contributed by atoms with Crippen molar-refractivity contribution in [3.63, 3.8) is 0 Å². The van der Waals surface area contributed by atoms with E-state index in [1.807, 2.05) is 13.8 Å². The third kappa shape index (κ3) is 8.34. The van der Waals surface area contributed by atoms with Crippen LogP contribution in [0.2, 0.25) is 0 Å². The third-order valence-corrected chi connectivity index (χ3v) is 8.54. The van der Waals surface area contributed by atoms with Gasteiger partial charge >= 0.3 is 5.97 Å². The molecule has 14 nitrogen and oxygen atoms in total. The summed E-state index contributed by atoms with van der Waals surface area (Å²) in [6.45, 7) is 4.30. The summed E-state index contributed by atoms with van der Waals surface area (Å²) in [7, 11) is -2.40. The largest absolute Gasteiger partial charge is 0.480 e. The van der Waals surface area contributed by atoms with Crippen molar-refractivity contribution >= 4 is 44.8 Å². The Labute approximate surface area is 241 Å². The Kier molecular flexibility index (Phi) is 10.6. The van der Waals surface area contributed by atoms with E-state index in [0.29, 0.717) is 13.0 Å². The van der Waals surface area contributed by atoms with Gasteiger partial charge in [-0.3, -0.25) is 24.3 Å². The molecule has 0 unspecified atom stereocenters. The molecule has 2 aromatic heterocycles. The van der Waals surface area contributed by atoms with Crippen LogP contribution in [0.15, 0.2) is 40.6 Å². The molecule has 3 aromatic rings. The Bertz CT molecular complexity index is 1520. The number of hydrogen-bond acceptors (Lipinski definition) is 10. The van der Waals surface area contributed by atoms with Crippen LogP contribution in [0.5, 0.6) is 0 Å². The number of benzene rings is 1. The van der Waals surface area contributed by atoms with Gasteiger partial charge in [0.05, 0.1) is 16.3 Å². The quantitative estimate of drug-likeness (QED) is 0.0998. The lowest BCUT2D eigenvalue weighted by molar-refractivity contribution is -0.139. The van der Waals surface area contributed by atoms with Gasteiger partial charge in [0, 0.05) is 30.4 Å². The molecular formula is C25H34N8O6S2. The van der Waals surface area contributed by atoms with E-state index in [-0.39, 0.29) is 34.0 Å². The summed E-state index contributed by atoms with van der Waals surface area (Å²) >= 11 is 0.948. The fraction of sp³-hybridized carbons (Fsp3) is 0.360. The fourth-order valence-corrected chi connectivity index (χ4v) is 5.91. The minimum Gasteiger partial charge on any atom is -0.480 e. The number of hydrogen-bond donors (Lipinski definition) is 7. The molecule has 2 heterocycles. The fourth-order valence-electron chi connectivity index (χ4n) is 3.97. The van der Waals surface area contributed by atoms with Gasteiger partial charge in [0.15, 0.2) is 0 Å². The van der Waals surface area contributed by atoms with Crippen molar-refractivity contribution in [2.24, 2.45) is 18.5 Å². The number of aryl methyl sites for hydroxylation is 2. The number of rotatable bonds is 14. The van der Waals surface area contributed by atoms with Gasteiger partial charge in [-0.15, -0.1) is 11.3 Å². The molecule has 0 aliphatic heterocycles. The van der Waals surface area contributed by atoms with Gasteiger partial charge in [-0.05, 0) is 62.9 Å². The zero-order valence-corrected chi connectivity index (χ0v) is 24.4. The number of carbonyl (C=O) groups excluding carboxylic acids is 2. The number of anilines is 1. The molecule has 222 valence electrons. The molecule has 0 radical (unpaired) electrons. The van der Waals surface area contributed by atoms with Crippen LogP contribution in [0.4, 0.5) is 5.69 Å². The Morgan fingerprint density at radius 2 is 1.88 bits per heavy atom. The monoisotopic (exact) mass is 606 g/mol. The molecule has 41 heavy (non-hydrogen) atoms. The van der Waals surface area contributed by atoms with Gasteiger partial charge in [-0.1, -0.05) is 6.07 Å². The van der Waals surface area contributed by atoms with Crippen LogP contribution in [0.3, 0.4) is 0 Å². The standard InChI is InChI=1S/C25H34N8O6S2/c1-14-18(15(2)33(3)31-14)13-29-22(34)16-6-4-7-17(12-16)41(38,39)32-19-9-11-40-21(19)23(35)30-20(24(36)37)8-5-10-28-25(26)27/h4,6-7,9,11-12,20,25,28,32H,5,8,10,13,26-27H2,1-3H3,(H,29,34)(H,30,35)(H,36,37)/t20-/m0/s1. The number of nitrogens with zero attached hydrogens (tertiary/aromatic N) is 2.